The first kappa shape index (κ1) is 23.6. The molecule has 9 heteroatoms. The minimum atomic E-state index is -3.98. The van der Waals surface area contributed by atoms with Gasteiger partial charge in [-0.3, -0.25) is 4.79 Å². The van der Waals surface area contributed by atoms with Crippen molar-refractivity contribution in [3.63, 3.8) is 0 Å². The molecule has 0 saturated heterocycles. The molecule has 0 aliphatic carbocycles. The van der Waals surface area contributed by atoms with Gasteiger partial charge < -0.3 is 4.74 Å². The van der Waals surface area contributed by atoms with E-state index in [4.69, 9.17) is 4.74 Å². The number of ether oxygens (including phenoxy) is 1. The fourth-order valence-electron chi connectivity index (χ4n) is 3.77. The average molecular weight is 482 g/mol. The van der Waals surface area contributed by atoms with Gasteiger partial charge in [-0.15, -0.1) is 0 Å². The summed E-state index contributed by atoms with van der Waals surface area (Å²) in [6, 6.07) is 21.0. The normalized spacial score (nSPS) is 15.9. The largest absolute Gasteiger partial charge is 0.497 e. The monoisotopic (exact) mass is 481 g/mol. The first-order valence-electron chi connectivity index (χ1n) is 10.6. The molecule has 3 aromatic rings. The van der Waals surface area contributed by atoms with E-state index < -0.39 is 34.3 Å². The highest BCUT2D eigenvalue weighted by Gasteiger charge is 2.35. The van der Waals surface area contributed by atoms with Gasteiger partial charge in [-0.05, 0) is 47.5 Å². The molecule has 1 heterocycles. The molecule has 34 heavy (non-hydrogen) atoms. The number of methoxy groups -OCH3 is 1. The highest BCUT2D eigenvalue weighted by atomic mass is 32.2. The fraction of sp³-hybridized carbons (Fsp3) is 0.200. The van der Waals surface area contributed by atoms with E-state index in [1.807, 2.05) is 54.6 Å². The van der Waals surface area contributed by atoms with Crippen molar-refractivity contribution in [3.05, 3.63) is 95.8 Å². The van der Waals surface area contributed by atoms with Crippen molar-refractivity contribution in [2.24, 2.45) is 5.10 Å². The Kier molecular flexibility index (Phi) is 6.76. The second-order valence-corrected chi connectivity index (χ2v) is 9.90. The van der Waals surface area contributed by atoms with E-state index in [2.05, 4.69) is 5.10 Å². The van der Waals surface area contributed by atoms with Crippen LogP contribution < -0.4 is 4.74 Å². The molecule has 4 rings (SSSR count). The molecular weight excluding hydrogens is 457 g/mol. The molecule has 1 amide bonds. The van der Waals surface area contributed by atoms with Crippen molar-refractivity contribution in [3.8, 4) is 5.75 Å². The number of halogens is 1. The summed E-state index contributed by atoms with van der Waals surface area (Å²) in [5.41, 5.74) is 2.48. The molecule has 0 N–H and O–H groups in total. The van der Waals surface area contributed by atoms with Gasteiger partial charge in [0.25, 0.3) is 5.91 Å². The minimum absolute atomic E-state index is 0.0918. The van der Waals surface area contributed by atoms with Crippen LogP contribution in [0.2, 0.25) is 0 Å². The number of hydrogen-bond donors (Lipinski definition) is 0. The van der Waals surface area contributed by atoms with Gasteiger partial charge in [0, 0.05) is 13.5 Å². The van der Waals surface area contributed by atoms with E-state index in [0.29, 0.717) is 12.2 Å². The molecule has 1 aliphatic heterocycles. The number of carbonyl (C=O) groups is 1. The van der Waals surface area contributed by atoms with Crippen LogP contribution in [0.4, 0.5) is 4.39 Å². The molecule has 3 aromatic carbocycles. The third kappa shape index (κ3) is 4.85. The maximum Gasteiger partial charge on any atom is 0.258 e. The highest BCUT2D eigenvalue weighted by molar-refractivity contribution is 7.89. The standard InChI is InChI=1S/C25H24FN3O4S/c1-28(34(31,32)22-14-10-20(26)11-15-22)17-25(30)29-24(19-8-12-21(33-2)13-9-19)16-23(27-29)18-6-4-3-5-7-18/h3-15,24H,16-17H2,1-2H3. The van der Waals surface area contributed by atoms with E-state index in [1.165, 1.54) is 24.2 Å². The Hall–Kier alpha value is -3.56. The summed E-state index contributed by atoms with van der Waals surface area (Å²) in [5.74, 6) is -0.325. The Morgan fingerprint density at radius 2 is 1.71 bits per heavy atom. The van der Waals surface area contributed by atoms with Gasteiger partial charge >= 0.3 is 0 Å². The summed E-state index contributed by atoms with van der Waals surface area (Å²) < 4.78 is 45.2. The van der Waals surface area contributed by atoms with Gasteiger partial charge in [0.2, 0.25) is 10.0 Å². The molecule has 0 aromatic heterocycles. The molecule has 1 unspecified atom stereocenters. The first-order valence-corrected chi connectivity index (χ1v) is 12.0. The predicted molar refractivity (Wildman–Crippen MR) is 126 cm³/mol. The lowest BCUT2D eigenvalue weighted by molar-refractivity contribution is -0.133. The van der Waals surface area contributed by atoms with Crippen LogP contribution >= 0.6 is 0 Å². The molecular formula is C25H24FN3O4S. The van der Waals surface area contributed by atoms with Crippen LogP contribution in [0.1, 0.15) is 23.6 Å². The second-order valence-electron chi connectivity index (χ2n) is 7.86. The number of hydrazone groups is 1. The predicted octanol–water partition coefficient (Wildman–Crippen LogP) is 3.83. The molecule has 1 aliphatic rings. The zero-order chi connectivity index (χ0) is 24.3. The lowest BCUT2D eigenvalue weighted by Gasteiger charge is -2.24. The van der Waals surface area contributed by atoms with Crippen LogP contribution in [-0.4, -0.2) is 50.1 Å². The highest BCUT2D eigenvalue weighted by Crippen LogP contribution is 2.34. The maximum atomic E-state index is 13.3. The van der Waals surface area contributed by atoms with Gasteiger partial charge in [-0.1, -0.05) is 42.5 Å². The van der Waals surface area contributed by atoms with Crippen LogP contribution in [0.25, 0.3) is 0 Å². The van der Waals surface area contributed by atoms with Crippen molar-refractivity contribution in [2.75, 3.05) is 20.7 Å². The number of carbonyl (C=O) groups excluding carboxylic acids is 1. The molecule has 0 fully saturated rings. The number of nitrogens with zero attached hydrogens (tertiary/aromatic N) is 3. The van der Waals surface area contributed by atoms with E-state index in [9.17, 15) is 17.6 Å². The van der Waals surface area contributed by atoms with Crippen molar-refractivity contribution in [2.45, 2.75) is 17.4 Å². The Labute approximate surface area is 198 Å². The van der Waals surface area contributed by atoms with Crippen molar-refractivity contribution in [1.82, 2.24) is 9.31 Å². The summed E-state index contributed by atoms with van der Waals surface area (Å²) in [5, 5.41) is 5.92. The van der Waals surface area contributed by atoms with Crippen LogP contribution in [-0.2, 0) is 14.8 Å². The van der Waals surface area contributed by atoms with Crippen molar-refractivity contribution < 1.29 is 22.3 Å². The molecule has 0 spiro atoms. The van der Waals surface area contributed by atoms with Crippen LogP contribution in [0.15, 0.2) is 88.9 Å². The first-order chi connectivity index (χ1) is 16.3. The summed E-state index contributed by atoms with van der Waals surface area (Å²) in [6.07, 6.45) is 0.483. The molecule has 7 nitrogen and oxygen atoms in total. The van der Waals surface area contributed by atoms with E-state index in [1.54, 1.807) is 7.11 Å². The lowest BCUT2D eigenvalue weighted by atomic mass is 9.98. The zero-order valence-corrected chi connectivity index (χ0v) is 19.6. The number of sulfonamides is 1. The number of benzene rings is 3. The van der Waals surface area contributed by atoms with Gasteiger partial charge in [-0.25, -0.2) is 17.8 Å². The summed E-state index contributed by atoms with van der Waals surface area (Å²) in [6.45, 7) is -0.419. The van der Waals surface area contributed by atoms with Gasteiger partial charge in [0.1, 0.15) is 11.6 Å². The van der Waals surface area contributed by atoms with Crippen molar-refractivity contribution >= 4 is 21.6 Å². The topological polar surface area (TPSA) is 79.3 Å². The Morgan fingerprint density at radius 3 is 2.32 bits per heavy atom. The Balaban J connectivity index is 1.61. The maximum absolute atomic E-state index is 13.3. The van der Waals surface area contributed by atoms with E-state index >= 15 is 0 Å². The Morgan fingerprint density at radius 1 is 1.06 bits per heavy atom. The van der Waals surface area contributed by atoms with Crippen molar-refractivity contribution in [1.29, 1.82) is 0 Å². The van der Waals surface area contributed by atoms with Crippen LogP contribution in [0.5, 0.6) is 5.75 Å². The molecule has 1 atom stereocenters. The van der Waals surface area contributed by atoms with Gasteiger partial charge in [0.15, 0.2) is 0 Å². The molecule has 176 valence electrons. The van der Waals surface area contributed by atoms with Crippen LogP contribution in [0, 0.1) is 5.82 Å². The van der Waals surface area contributed by atoms with Crippen LogP contribution in [0.3, 0.4) is 0 Å². The van der Waals surface area contributed by atoms with Gasteiger partial charge in [-0.2, -0.15) is 9.41 Å². The number of hydrogen-bond acceptors (Lipinski definition) is 5. The summed E-state index contributed by atoms with van der Waals surface area (Å²) >= 11 is 0. The van der Waals surface area contributed by atoms with E-state index in [0.717, 1.165) is 33.3 Å². The lowest BCUT2D eigenvalue weighted by Crippen LogP contribution is -2.39. The molecule has 0 radical (unpaired) electrons. The number of amides is 1. The number of likely N-dealkylation sites (N-methyl/N-ethyl adjacent to an activating group) is 1. The quantitative estimate of drug-likeness (QED) is 0.514. The molecule has 0 saturated carbocycles. The minimum Gasteiger partial charge on any atom is -0.497 e. The third-order valence-corrected chi connectivity index (χ3v) is 7.47. The Bertz CT molecular complexity index is 1290. The SMILES string of the molecule is COc1ccc(C2CC(c3ccccc3)=NN2C(=O)CN(C)S(=O)(=O)c2ccc(F)cc2)cc1. The van der Waals surface area contributed by atoms with E-state index in [-0.39, 0.29) is 4.90 Å². The number of rotatable bonds is 7. The zero-order valence-electron chi connectivity index (χ0n) is 18.8. The summed E-state index contributed by atoms with van der Waals surface area (Å²) in [7, 11) is -1.09. The molecule has 0 bridgehead atoms. The average Bonchev–Trinajstić information content (AvgIpc) is 3.30. The summed E-state index contributed by atoms with van der Waals surface area (Å²) in [4.78, 5) is 13.2. The second kappa shape index (κ2) is 9.74. The van der Waals surface area contributed by atoms with Gasteiger partial charge in [0.05, 0.1) is 30.3 Å². The smallest absolute Gasteiger partial charge is 0.258 e. The fourth-order valence-corrected chi connectivity index (χ4v) is 4.89. The third-order valence-electron chi connectivity index (χ3n) is 5.65.